The zero-order valence-electron chi connectivity index (χ0n) is 42.3. The summed E-state index contributed by atoms with van der Waals surface area (Å²) < 4.78 is 18.5. The van der Waals surface area contributed by atoms with Gasteiger partial charge in [-0.2, -0.15) is 0 Å². The molecule has 0 bridgehead atoms. The van der Waals surface area contributed by atoms with Gasteiger partial charge in [0.1, 0.15) is 17.2 Å². The third kappa shape index (κ3) is 11.6. The first-order chi connectivity index (χ1) is 37.0. The van der Waals surface area contributed by atoms with Crippen molar-refractivity contribution in [3.63, 3.8) is 0 Å². The van der Waals surface area contributed by atoms with Gasteiger partial charge in [0, 0.05) is 17.1 Å². The molecule has 0 amide bonds. The largest absolute Gasteiger partial charge is 0.495 e. The van der Waals surface area contributed by atoms with Crippen molar-refractivity contribution >= 4 is 87.6 Å². The van der Waals surface area contributed by atoms with E-state index in [0.29, 0.717) is 0 Å². The number of nitrogens with zero attached hydrogens (tertiary/aromatic N) is 3. The molecular weight excluding hydrogens is 919 g/mol. The summed E-state index contributed by atoms with van der Waals surface area (Å²) >= 11 is 0. The standard InChI is InChI=1S/C69H57N3O3/c1-73-67-28-16-13-25-64(67)70(58-43-37-55(38-44-58)34-31-52-19-7-4-8-20-52)61-49-62(71(65-26-14-17-29-68(65)74-2)59-45-39-56(40-46-59)35-32-53-21-9-5-10-22-53)51-63(50-61)72(66-27-15-18-30-69(66)75-3)60-47-41-57(42-48-60)36-33-54-23-11-6-12-24-54/h4-51H,1-3H3/b34-31+,35-32+,36-33+. The normalized spacial score (nSPS) is 11.2. The molecule has 0 heterocycles. The lowest BCUT2D eigenvalue weighted by Crippen LogP contribution is -2.17. The van der Waals surface area contributed by atoms with Gasteiger partial charge in [0.25, 0.3) is 0 Å². The van der Waals surface area contributed by atoms with Gasteiger partial charge >= 0.3 is 0 Å². The van der Waals surface area contributed by atoms with Crippen molar-refractivity contribution in [1.29, 1.82) is 0 Å². The molecule has 10 rings (SSSR count). The van der Waals surface area contributed by atoms with Crippen LogP contribution in [0.25, 0.3) is 36.5 Å². The maximum absolute atomic E-state index is 6.17. The molecule has 0 saturated carbocycles. The number of hydrogen-bond acceptors (Lipinski definition) is 6. The van der Waals surface area contributed by atoms with Crippen LogP contribution in [0.4, 0.5) is 51.2 Å². The lowest BCUT2D eigenvalue weighted by molar-refractivity contribution is 0.416. The van der Waals surface area contributed by atoms with Gasteiger partial charge in [-0.05, 0) is 124 Å². The third-order valence-corrected chi connectivity index (χ3v) is 12.9. The van der Waals surface area contributed by atoms with Crippen molar-refractivity contribution in [2.45, 2.75) is 0 Å². The highest BCUT2D eigenvalue weighted by Gasteiger charge is 2.26. The number of para-hydroxylation sites is 6. The SMILES string of the molecule is COc1ccccc1N(c1ccc(/C=C/c2ccccc2)cc1)c1cc(N(c2ccc(/C=C/c3ccccc3)cc2)c2ccccc2OC)cc(N(c2ccc(/C=C/c3ccccc3)cc2)c2ccccc2OC)c1. The van der Waals surface area contributed by atoms with Gasteiger partial charge in [-0.1, -0.05) is 200 Å². The Morgan fingerprint density at radius 2 is 0.440 bits per heavy atom. The van der Waals surface area contributed by atoms with Crippen LogP contribution in [0.5, 0.6) is 17.2 Å². The molecule has 0 aliphatic carbocycles. The van der Waals surface area contributed by atoms with E-state index in [1.807, 2.05) is 54.6 Å². The van der Waals surface area contributed by atoms with Crippen molar-refractivity contribution < 1.29 is 14.2 Å². The molecule has 0 aliphatic heterocycles. The van der Waals surface area contributed by atoms with Gasteiger partial charge in [0.15, 0.2) is 0 Å². The van der Waals surface area contributed by atoms with Gasteiger partial charge in [-0.15, -0.1) is 0 Å². The Kier molecular flexibility index (Phi) is 15.4. The fourth-order valence-electron chi connectivity index (χ4n) is 9.17. The lowest BCUT2D eigenvalue weighted by atomic mass is 10.1. The molecule has 0 atom stereocenters. The summed E-state index contributed by atoms with van der Waals surface area (Å²) in [6, 6.07) is 88.3. The van der Waals surface area contributed by atoms with Crippen molar-refractivity contribution in [3.8, 4) is 17.2 Å². The molecule has 0 saturated heterocycles. The van der Waals surface area contributed by atoms with Crippen molar-refractivity contribution in [3.05, 3.63) is 288 Å². The van der Waals surface area contributed by atoms with Crippen LogP contribution < -0.4 is 28.9 Å². The Labute approximate surface area is 441 Å². The second-order valence-electron chi connectivity index (χ2n) is 17.7. The van der Waals surface area contributed by atoms with E-state index in [1.165, 1.54) is 0 Å². The molecule has 0 fully saturated rings. The molecule has 0 aliphatic rings. The molecule has 0 unspecified atom stereocenters. The minimum atomic E-state index is 0.721. The number of rotatable bonds is 18. The predicted octanol–water partition coefficient (Wildman–Crippen LogP) is 18.6. The van der Waals surface area contributed by atoms with Crippen LogP contribution in [0.2, 0.25) is 0 Å². The summed E-state index contributed by atoms with van der Waals surface area (Å²) in [5.74, 6) is 2.16. The highest BCUT2D eigenvalue weighted by Crippen LogP contribution is 2.49. The van der Waals surface area contributed by atoms with E-state index >= 15 is 0 Å². The first kappa shape index (κ1) is 48.8. The molecule has 75 heavy (non-hydrogen) atoms. The monoisotopic (exact) mass is 975 g/mol. The molecule has 0 aromatic heterocycles. The molecule has 10 aromatic rings. The van der Waals surface area contributed by atoms with Gasteiger partial charge in [-0.25, -0.2) is 0 Å². The molecular formula is C69H57N3O3. The summed E-state index contributed by atoms with van der Waals surface area (Å²) in [6.07, 6.45) is 12.9. The third-order valence-electron chi connectivity index (χ3n) is 12.9. The van der Waals surface area contributed by atoms with Crippen LogP contribution in [0.15, 0.2) is 255 Å². The topological polar surface area (TPSA) is 37.4 Å². The van der Waals surface area contributed by atoms with Crippen molar-refractivity contribution in [2.24, 2.45) is 0 Å². The minimum Gasteiger partial charge on any atom is -0.495 e. The number of hydrogen-bond donors (Lipinski definition) is 0. The van der Waals surface area contributed by atoms with Crippen molar-refractivity contribution in [1.82, 2.24) is 0 Å². The van der Waals surface area contributed by atoms with Crippen LogP contribution >= 0.6 is 0 Å². The minimum absolute atomic E-state index is 0.721. The van der Waals surface area contributed by atoms with Crippen LogP contribution in [-0.2, 0) is 0 Å². The maximum Gasteiger partial charge on any atom is 0.142 e. The Balaban J connectivity index is 1.20. The molecule has 6 heteroatoms. The van der Waals surface area contributed by atoms with E-state index in [-0.39, 0.29) is 0 Å². The first-order valence-electron chi connectivity index (χ1n) is 25.0. The van der Waals surface area contributed by atoms with E-state index in [2.05, 4.69) is 251 Å². The van der Waals surface area contributed by atoms with Gasteiger partial charge in [0.05, 0.1) is 55.5 Å². The maximum atomic E-state index is 6.17. The average Bonchev–Trinajstić information content (AvgIpc) is 3.48. The summed E-state index contributed by atoms with van der Waals surface area (Å²) in [4.78, 5) is 6.81. The molecule has 10 aromatic carbocycles. The highest BCUT2D eigenvalue weighted by molar-refractivity contribution is 5.92. The summed E-state index contributed by atoms with van der Waals surface area (Å²) in [5, 5.41) is 0. The molecule has 0 radical (unpaired) electrons. The molecule has 0 N–H and O–H groups in total. The summed E-state index contributed by atoms with van der Waals surface area (Å²) in [5.41, 5.74) is 14.7. The lowest BCUT2D eigenvalue weighted by Gasteiger charge is -2.34. The van der Waals surface area contributed by atoms with Gasteiger partial charge < -0.3 is 28.9 Å². The van der Waals surface area contributed by atoms with Crippen LogP contribution in [-0.4, -0.2) is 21.3 Å². The number of ether oxygens (including phenoxy) is 3. The van der Waals surface area contributed by atoms with E-state index in [0.717, 1.165) is 102 Å². The quantitative estimate of drug-likeness (QED) is 0.0798. The fourth-order valence-corrected chi connectivity index (χ4v) is 9.17. The molecule has 366 valence electrons. The van der Waals surface area contributed by atoms with Crippen LogP contribution in [0.1, 0.15) is 33.4 Å². The van der Waals surface area contributed by atoms with Gasteiger partial charge in [0.2, 0.25) is 0 Å². The highest BCUT2D eigenvalue weighted by atomic mass is 16.5. The van der Waals surface area contributed by atoms with Crippen molar-refractivity contribution in [2.75, 3.05) is 36.0 Å². The fraction of sp³-hybridized carbons (Fsp3) is 0.0435. The molecule has 0 spiro atoms. The van der Waals surface area contributed by atoms with E-state index in [1.54, 1.807) is 21.3 Å². The van der Waals surface area contributed by atoms with E-state index in [9.17, 15) is 0 Å². The Morgan fingerprint density at radius 3 is 0.680 bits per heavy atom. The van der Waals surface area contributed by atoms with Crippen LogP contribution in [0.3, 0.4) is 0 Å². The van der Waals surface area contributed by atoms with Gasteiger partial charge in [-0.3, -0.25) is 0 Å². The number of benzene rings is 10. The second-order valence-corrected chi connectivity index (χ2v) is 17.7. The van der Waals surface area contributed by atoms with E-state index < -0.39 is 0 Å². The first-order valence-corrected chi connectivity index (χ1v) is 25.0. The Bertz CT molecular complexity index is 3150. The Morgan fingerprint density at radius 1 is 0.227 bits per heavy atom. The predicted molar refractivity (Wildman–Crippen MR) is 316 cm³/mol. The number of anilines is 9. The summed E-state index contributed by atoms with van der Waals surface area (Å²) in [7, 11) is 5.17. The molecule has 6 nitrogen and oxygen atoms in total. The average molecular weight is 976 g/mol. The van der Waals surface area contributed by atoms with E-state index in [4.69, 9.17) is 14.2 Å². The summed E-state index contributed by atoms with van der Waals surface area (Å²) in [6.45, 7) is 0. The number of methoxy groups -OCH3 is 3. The zero-order valence-corrected chi connectivity index (χ0v) is 42.3. The smallest absolute Gasteiger partial charge is 0.142 e. The Hall–Kier alpha value is -9.78. The zero-order chi connectivity index (χ0) is 51.2. The van der Waals surface area contributed by atoms with Crippen LogP contribution in [0, 0.1) is 0 Å². The second kappa shape index (κ2) is 23.6.